The van der Waals surface area contributed by atoms with Crippen molar-refractivity contribution >= 4 is 28.5 Å². The van der Waals surface area contributed by atoms with E-state index in [1.54, 1.807) is 6.07 Å². The summed E-state index contributed by atoms with van der Waals surface area (Å²) in [6.45, 7) is 0. The smallest absolute Gasteiger partial charge is 0.335 e. The first-order valence-corrected chi connectivity index (χ1v) is 3.96. The van der Waals surface area contributed by atoms with Crippen LogP contribution in [0.2, 0.25) is 5.02 Å². The average molecular weight is 197 g/mol. The zero-order valence-electron chi connectivity index (χ0n) is 6.45. The lowest BCUT2D eigenvalue weighted by Gasteiger charge is -1.96. The van der Waals surface area contributed by atoms with E-state index >= 15 is 0 Å². The lowest BCUT2D eigenvalue weighted by Crippen LogP contribution is -1.95. The maximum absolute atomic E-state index is 10.6. The molecule has 0 saturated carbocycles. The minimum atomic E-state index is -0.995. The summed E-state index contributed by atoms with van der Waals surface area (Å²) in [4.78, 5) is 10.6. The molecule has 0 radical (unpaired) electrons. The van der Waals surface area contributed by atoms with Crippen LogP contribution in [0.3, 0.4) is 0 Å². The number of rotatable bonds is 1. The van der Waals surface area contributed by atoms with Crippen LogP contribution in [0.5, 0.6) is 0 Å². The summed E-state index contributed by atoms with van der Waals surface area (Å²) in [5.74, 6) is -0.995. The van der Waals surface area contributed by atoms with Crippen LogP contribution in [0, 0.1) is 0 Å². The van der Waals surface area contributed by atoms with Gasteiger partial charge in [-0.1, -0.05) is 11.6 Å². The Hall–Kier alpha value is -1.48. The van der Waals surface area contributed by atoms with Gasteiger partial charge in [0.2, 0.25) is 0 Å². The molecule has 1 aromatic heterocycles. The van der Waals surface area contributed by atoms with Gasteiger partial charge in [-0.15, -0.1) is 0 Å². The van der Waals surface area contributed by atoms with Crippen molar-refractivity contribution < 1.29 is 14.3 Å². The average Bonchev–Trinajstić information content (AvgIpc) is 2.51. The Morgan fingerprint density at radius 1 is 1.46 bits per heavy atom. The first-order chi connectivity index (χ1) is 6.18. The van der Waals surface area contributed by atoms with Gasteiger partial charge in [0.1, 0.15) is 0 Å². The lowest BCUT2D eigenvalue weighted by atomic mass is 10.2. The molecule has 0 atom stereocenters. The minimum Gasteiger partial charge on any atom is -0.478 e. The Morgan fingerprint density at radius 2 is 2.23 bits per heavy atom. The Balaban J connectivity index is 2.77. The van der Waals surface area contributed by atoms with Gasteiger partial charge < -0.3 is 9.52 Å². The van der Waals surface area contributed by atoms with Crippen molar-refractivity contribution in [3.8, 4) is 0 Å². The van der Waals surface area contributed by atoms with Gasteiger partial charge in [-0.3, -0.25) is 0 Å². The number of carboxylic acids is 1. The van der Waals surface area contributed by atoms with Crippen molar-refractivity contribution in [2.45, 2.75) is 0 Å². The number of fused-ring (bicyclic) bond motifs is 1. The SMILES string of the molecule is O=C(O)c1cc(Cl)c2occc2c1. The highest BCUT2D eigenvalue weighted by Crippen LogP contribution is 2.26. The van der Waals surface area contributed by atoms with Gasteiger partial charge in [0, 0.05) is 5.39 Å². The number of carboxylic acid groups (broad SMARTS) is 1. The van der Waals surface area contributed by atoms with Crippen molar-refractivity contribution in [1.82, 2.24) is 0 Å². The lowest BCUT2D eigenvalue weighted by molar-refractivity contribution is 0.0697. The van der Waals surface area contributed by atoms with Crippen LogP contribution in [-0.2, 0) is 0 Å². The molecule has 4 heteroatoms. The molecule has 0 spiro atoms. The largest absolute Gasteiger partial charge is 0.478 e. The number of carbonyl (C=O) groups is 1. The van der Waals surface area contributed by atoms with Gasteiger partial charge in [-0.25, -0.2) is 4.79 Å². The second-order valence-electron chi connectivity index (χ2n) is 2.60. The number of aromatic carboxylic acids is 1. The molecule has 66 valence electrons. The van der Waals surface area contributed by atoms with Crippen molar-refractivity contribution in [3.63, 3.8) is 0 Å². The zero-order valence-corrected chi connectivity index (χ0v) is 7.21. The molecule has 0 amide bonds. The highest BCUT2D eigenvalue weighted by atomic mass is 35.5. The van der Waals surface area contributed by atoms with E-state index in [0.717, 1.165) is 0 Å². The third-order valence-corrected chi connectivity index (χ3v) is 2.03. The van der Waals surface area contributed by atoms with E-state index in [9.17, 15) is 4.79 Å². The molecule has 0 aliphatic rings. The Labute approximate surface area is 78.5 Å². The molecule has 0 saturated heterocycles. The molecule has 2 rings (SSSR count). The van der Waals surface area contributed by atoms with Gasteiger partial charge in [-0.2, -0.15) is 0 Å². The minimum absolute atomic E-state index is 0.166. The summed E-state index contributed by atoms with van der Waals surface area (Å²) >= 11 is 5.79. The highest BCUT2D eigenvalue weighted by Gasteiger charge is 2.09. The number of benzene rings is 1. The topological polar surface area (TPSA) is 50.4 Å². The molecule has 1 heterocycles. The summed E-state index contributed by atoms with van der Waals surface area (Å²) in [6.07, 6.45) is 1.47. The van der Waals surface area contributed by atoms with E-state index in [1.165, 1.54) is 18.4 Å². The van der Waals surface area contributed by atoms with E-state index in [4.69, 9.17) is 21.1 Å². The summed E-state index contributed by atoms with van der Waals surface area (Å²) in [6, 6.07) is 4.57. The monoisotopic (exact) mass is 196 g/mol. The first-order valence-electron chi connectivity index (χ1n) is 3.58. The predicted octanol–water partition coefficient (Wildman–Crippen LogP) is 2.78. The molecule has 1 aromatic carbocycles. The number of hydrogen-bond donors (Lipinski definition) is 1. The molecule has 13 heavy (non-hydrogen) atoms. The molecule has 0 aliphatic carbocycles. The van der Waals surface area contributed by atoms with Gasteiger partial charge in [-0.05, 0) is 18.2 Å². The van der Waals surface area contributed by atoms with Crippen LogP contribution >= 0.6 is 11.6 Å². The van der Waals surface area contributed by atoms with E-state index in [2.05, 4.69) is 0 Å². The molecule has 1 N–H and O–H groups in total. The van der Waals surface area contributed by atoms with Crippen molar-refractivity contribution in [1.29, 1.82) is 0 Å². The van der Waals surface area contributed by atoms with Crippen LogP contribution in [0.15, 0.2) is 28.9 Å². The van der Waals surface area contributed by atoms with E-state index in [-0.39, 0.29) is 5.56 Å². The third-order valence-electron chi connectivity index (χ3n) is 1.75. The van der Waals surface area contributed by atoms with E-state index in [0.29, 0.717) is 16.0 Å². The van der Waals surface area contributed by atoms with Crippen LogP contribution in [-0.4, -0.2) is 11.1 Å². The maximum Gasteiger partial charge on any atom is 0.335 e. The van der Waals surface area contributed by atoms with Gasteiger partial charge >= 0.3 is 5.97 Å². The predicted molar refractivity (Wildman–Crippen MR) is 48.2 cm³/mol. The van der Waals surface area contributed by atoms with Crippen LogP contribution in [0.25, 0.3) is 11.0 Å². The number of furan rings is 1. The van der Waals surface area contributed by atoms with Crippen molar-refractivity contribution in [3.05, 3.63) is 35.0 Å². The second-order valence-corrected chi connectivity index (χ2v) is 3.01. The Kier molecular flexibility index (Phi) is 1.74. The third kappa shape index (κ3) is 1.27. The number of hydrogen-bond acceptors (Lipinski definition) is 2. The molecular weight excluding hydrogens is 192 g/mol. The van der Waals surface area contributed by atoms with Gasteiger partial charge in [0.25, 0.3) is 0 Å². The van der Waals surface area contributed by atoms with E-state index in [1.807, 2.05) is 0 Å². The standard InChI is InChI=1S/C9H5ClO3/c10-7-4-6(9(11)12)3-5-1-2-13-8(5)7/h1-4H,(H,11,12). The molecular formula is C9H5ClO3. The summed E-state index contributed by atoms with van der Waals surface area (Å²) in [7, 11) is 0. The summed E-state index contributed by atoms with van der Waals surface area (Å²) in [5, 5.41) is 9.74. The molecule has 0 aliphatic heterocycles. The maximum atomic E-state index is 10.6. The summed E-state index contributed by atoms with van der Waals surface area (Å²) in [5.41, 5.74) is 0.686. The number of halogens is 1. The summed E-state index contributed by atoms with van der Waals surface area (Å²) < 4.78 is 5.06. The second kappa shape index (κ2) is 2.78. The van der Waals surface area contributed by atoms with Crippen LogP contribution in [0.4, 0.5) is 0 Å². The Morgan fingerprint density at radius 3 is 2.92 bits per heavy atom. The fraction of sp³-hybridized carbons (Fsp3) is 0. The van der Waals surface area contributed by atoms with Gasteiger partial charge in [0.05, 0.1) is 16.8 Å². The molecule has 0 unspecified atom stereocenters. The normalized spacial score (nSPS) is 10.5. The highest BCUT2D eigenvalue weighted by molar-refractivity contribution is 6.35. The van der Waals surface area contributed by atoms with E-state index < -0.39 is 5.97 Å². The van der Waals surface area contributed by atoms with Crippen LogP contribution in [0.1, 0.15) is 10.4 Å². The first kappa shape index (κ1) is 8.13. The molecule has 2 aromatic rings. The van der Waals surface area contributed by atoms with Gasteiger partial charge in [0.15, 0.2) is 5.58 Å². The van der Waals surface area contributed by atoms with Crippen LogP contribution < -0.4 is 0 Å². The quantitative estimate of drug-likeness (QED) is 0.763. The van der Waals surface area contributed by atoms with Crippen molar-refractivity contribution in [2.24, 2.45) is 0 Å². The Bertz CT molecular complexity index is 473. The fourth-order valence-corrected chi connectivity index (χ4v) is 1.43. The molecule has 0 bridgehead atoms. The molecule has 3 nitrogen and oxygen atoms in total. The molecule has 0 fully saturated rings. The van der Waals surface area contributed by atoms with Crippen molar-refractivity contribution in [2.75, 3.05) is 0 Å². The fourth-order valence-electron chi connectivity index (χ4n) is 1.16. The zero-order chi connectivity index (χ0) is 9.42.